The molecule has 3 aromatic carbocycles. The second-order valence-electron chi connectivity index (χ2n) is 7.45. The van der Waals surface area contributed by atoms with Crippen LogP contribution in [0.25, 0.3) is 6.08 Å². The predicted molar refractivity (Wildman–Crippen MR) is 151 cm³/mol. The molecule has 0 saturated carbocycles. The molecular formula is C25H17FI2N2O4S. The Morgan fingerprint density at radius 1 is 1.14 bits per heavy atom. The van der Waals surface area contributed by atoms with Crippen LogP contribution in [0.5, 0.6) is 5.75 Å². The van der Waals surface area contributed by atoms with Crippen molar-refractivity contribution in [2.45, 2.75) is 6.61 Å². The molecule has 0 aliphatic carbocycles. The van der Waals surface area contributed by atoms with E-state index >= 15 is 0 Å². The topological polar surface area (TPSA) is 79.2 Å². The monoisotopic (exact) mass is 714 g/mol. The lowest BCUT2D eigenvalue weighted by Gasteiger charge is -2.12. The first-order valence-electron chi connectivity index (χ1n) is 10.2. The van der Waals surface area contributed by atoms with Gasteiger partial charge in [-0.15, -0.1) is 0 Å². The summed E-state index contributed by atoms with van der Waals surface area (Å²) in [6.45, 7) is 0.314. The summed E-state index contributed by atoms with van der Waals surface area (Å²) < 4.78 is 20.8. The molecule has 0 atom stereocenters. The Morgan fingerprint density at radius 2 is 1.83 bits per heavy atom. The van der Waals surface area contributed by atoms with Gasteiger partial charge in [0, 0.05) is 7.05 Å². The second kappa shape index (κ2) is 11.1. The molecule has 0 radical (unpaired) electrons. The van der Waals surface area contributed by atoms with Crippen molar-refractivity contribution in [1.82, 2.24) is 4.90 Å². The number of carboxylic acid groups (broad SMARTS) is 1. The zero-order valence-corrected chi connectivity index (χ0v) is 23.3. The molecule has 1 aliphatic rings. The van der Waals surface area contributed by atoms with Crippen LogP contribution in [0.2, 0.25) is 0 Å². The van der Waals surface area contributed by atoms with Gasteiger partial charge in [-0.2, -0.15) is 0 Å². The van der Waals surface area contributed by atoms with E-state index in [4.69, 9.17) is 4.74 Å². The maximum atomic E-state index is 13.1. The number of halogens is 3. The fourth-order valence-electron chi connectivity index (χ4n) is 3.16. The van der Waals surface area contributed by atoms with E-state index in [-0.39, 0.29) is 17.3 Å². The lowest BCUT2D eigenvalue weighted by atomic mass is 10.2. The standard InChI is InChI=1S/C25H17FI2N2O4S/c1-30-23(31)21(35-25(30)29-18-4-2-3-16(12-18)24(32)33)11-15-9-19(27)22(20(28)10-15)34-13-14-5-7-17(26)8-6-14/h2-12H,13H2,1H3,(H,32,33)/b21-11-,29-25?. The zero-order valence-electron chi connectivity index (χ0n) is 18.2. The number of carbonyl (C=O) groups excluding carboxylic acids is 1. The Morgan fingerprint density at radius 3 is 2.49 bits per heavy atom. The van der Waals surface area contributed by atoms with Gasteiger partial charge in [0.15, 0.2) is 5.17 Å². The largest absolute Gasteiger partial charge is 0.487 e. The Labute approximate surface area is 232 Å². The number of aliphatic imine (C=N–C) groups is 1. The summed E-state index contributed by atoms with van der Waals surface area (Å²) in [6, 6.07) is 16.3. The SMILES string of the molecule is CN1C(=O)/C(=C/c2cc(I)c(OCc3ccc(F)cc3)c(I)c2)SC1=Nc1cccc(C(=O)O)c1. The van der Waals surface area contributed by atoms with Crippen LogP contribution in [0, 0.1) is 13.0 Å². The Bertz CT molecular complexity index is 1350. The fraction of sp³-hybridized carbons (Fsp3) is 0.0800. The molecule has 0 spiro atoms. The van der Waals surface area contributed by atoms with E-state index in [0.717, 1.165) is 24.0 Å². The molecule has 6 nitrogen and oxygen atoms in total. The van der Waals surface area contributed by atoms with Crippen LogP contribution >= 0.6 is 56.9 Å². The van der Waals surface area contributed by atoms with Crippen molar-refractivity contribution in [2.75, 3.05) is 7.05 Å². The zero-order chi connectivity index (χ0) is 25.1. The van der Waals surface area contributed by atoms with Crippen LogP contribution in [0.15, 0.2) is 70.6 Å². The van der Waals surface area contributed by atoms with Crippen molar-refractivity contribution in [3.8, 4) is 5.75 Å². The van der Waals surface area contributed by atoms with Gasteiger partial charge >= 0.3 is 5.97 Å². The molecule has 1 fully saturated rings. The highest BCUT2D eigenvalue weighted by Gasteiger charge is 2.30. The summed E-state index contributed by atoms with van der Waals surface area (Å²) in [4.78, 5) is 30.4. The number of hydrogen-bond donors (Lipinski definition) is 1. The van der Waals surface area contributed by atoms with Crippen molar-refractivity contribution in [2.24, 2.45) is 4.99 Å². The van der Waals surface area contributed by atoms with E-state index < -0.39 is 5.97 Å². The number of likely N-dealkylation sites (N-methyl/N-ethyl adjacent to an activating group) is 1. The van der Waals surface area contributed by atoms with Crippen LogP contribution < -0.4 is 4.74 Å². The number of hydrogen-bond acceptors (Lipinski definition) is 5. The first-order valence-corrected chi connectivity index (χ1v) is 13.1. The summed E-state index contributed by atoms with van der Waals surface area (Å²) in [7, 11) is 1.63. The molecule has 3 aromatic rings. The molecule has 1 aliphatic heterocycles. The summed E-state index contributed by atoms with van der Waals surface area (Å²) in [5, 5.41) is 9.65. The van der Waals surface area contributed by atoms with Crippen molar-refractivity contribution >= 4 is 85.8 Å². The first-order chi connectivity index (χ1) is 16.7. The third-order valence-electron chi connectivity index (χ3n) is 4.94. The van der Waals surface area contributed by atoms with Gasteiger partial charge in [-0.25, -0.2) is 14.2 Å². The van der Waals surface area contributed by atoms with E-state index in [2.05, 4.69) is 50.2 Å². The lowest BCUT2D eigenvalue weighted by Crippen LogP contribution is -2.23. The van der Waals surface area contributed by atoms with Crippen LogP contribution in [-0.4, -0.2) is 34.1 Å². The number of thioether (sulfide) groups is 1. The molecule has 0 unspecified atom stereocenters. The number of nitrogens with zero attached hydrogens (tertiary/aromatic N) is 2. The maximum absolute atomic E-state index is 13.1. The number of carbonyl (C=O) groups is 2. The van der Waals surface area contributed by atoms with Gasteiger partial charge in [-0.05, 0) is 117 Å². The van der Waals surface area contributed by atoms with Gasteiger partial charge in [0.2, 0.25) is 0 Å². The van der Waals surface area contributed by atoms with Crippen LogP contribution in [-0.2, 0) is 11.4 Å². The van der Waals surface area contributed by atoms with Gasteiger partial charge in [0.05, 0.1) is 23.3 Å². The maximum Gasteiger partial charge on any atom is 0.335 e. The quantitative estimate of drug-likeness (QED) is 0.232. The van der Waals surface area contributed by atoms with E-state index in [1.807, 2.05) is 12.1 Å². The van der Waals surface area contributed by atoms with Crippen molar-refractivity contribution < 1.29 is 23.8 Å². The molecule has 1 saturated heterocycles. The molecule has 4 rings (SSSR count). The van der Waals surface area contributed by atoms with Crippen molar-refractivity contribution in [3.05, 3.63) is 95.2 Å². The molecule has 178 valence electrons. The van der Waals surface area contributed by atoms with Gasteiger partial charge in [0.1, 0.15) is 18.2 Å². The predicted octanol–water partition coefficient (Wildman–Crippen LogP) is 6.55. The Kier molecular flexibility index (Phi) is 8.12. The van der Waals surface area contributed by atoms with Gasteiger partial charge < -0.3 is 9.84 Å². The van der Waals surface area contributed by atoms with Crippen LogP contribution in [0.1, 0.15) is 21.5 Å². The molecule has 35 heavy (non-hydrogen) atoms. The van der Waals surface area contributed by atoms with E-state index in [0.29, 0.717) is 22.4 Å². The van der Waals surface area contributed by atoms with Crippen LogP contribution in [0.4, 0.5) is 10.1 Å². The third-order valence-corrected chi connectivity index (χ3v) is 7.60. The molecule has 0 aromatic heterocycles. The van der Waals surface area contributed by atoms with Crippen LogP contribution in [0.3, 0.4) is 0 Å². The number of benzene rings is 3. The molecule has 1 N–H and O–H groups in total. The molecule has 0 bridgehead atoms. The average molecular weight is 714 g/mol. The summed E-state index contributed by atoms with van der Waals surface area (Å²) in [6.07, 6.45) is 1.80. The normalized spacial score (nSPS) is 15.8. The minimum Gasteiger partial charge on any atom is -0.487 e. The minimum absolute atomic E-state index is 0.130. The number of aromatic carboxylic acids is 1. The van der Waals surface area contributed by atoms with Gasteiger partial charge in [0.25, 0.3) is 5.91 Å². The van der Waals surface area contributed by atoms with E-state index in [9.17, 15) is 19.1 Å². The number of ether oxygens (including phenoxy) is 1. The minimum atomic E-state index is -1.04. The Balaban J connectivity index is 1.54. The number of amidine groups is 1. The number of amides is 1. The first kappa shape index (κ1) is 25.6. The number of carboxylic acids is 1. The smallest absolute Gasteiger partial charge is 0.335 e. The second-order valence-corrected chi connectivity index (χ2v) is 10.8. The van der Waals surface area contributed by atoms with E-state index in [1.165, 1.54) is 40.9 Å². The highest BCUT2D eigenvalue weighted by atomic mass is 127. The Hall–Kier alpha value is -2.45. The molecular weight excluding hydrogens is 697 g/mol. The third kappa shape index (κ3) is 6.22. The van der Waals surface area contributed by atoms with Gasteiger partial charge in [-0.1, -0.05) is 18.2 Å². The van der Waals surface area contributed by atoms with E-state index in [1.54, 1.807) is 37.4 Å². The summed E-state index contributed by atoms with van der Waals surface area (Å²) in [5.41, 5.74) is 2.29. The molecule has 1 amide bonds. The molecule has 10 heteroatoms. The molecule has 1 heterocycles. The summed E-state index contributed by atoms with van der Waals surface area (Å²) in [5.74, 6) is -0.793. The summed E-state index contributed by atoms with van der Waals surface area (Å²) >= 11 is 5.61. The average Bonchev–Trinajstić information content (AvgIpc) is 3.07. The van der Waals surface area contributed by atoms with Crippen molar-refractivity contribution in [3.63, 3.8) is 0 Å². The lowest BCUT2D eigenvalue weighted by molar-refractivity contribution is -0.121. The highest BCUT2D eigenvalue weighted by molar-refractivity contribution is 14.1. The van der Waals surface area contributed by atoms with Gasteiger partial charge in [-0.3, -0.25) is 9.69 Å². The number of rotatable bonds is 6. The fourth-order valence-corrected chi connectivity index (χ4v) is 6.27. The highest BCUT2D eigenvalue weighted by Crippen LogP contribution is 2.35. The van der Waals surface area contributed by atoms with Crippen molar-refractivity contribution in [1.29, 1.82) is 0 Å².